The van der Waals surface area contributed by atoms with Crippen LogP contribution in [0, 0.1) is 5.92 Å². The van der Waals surface area contributed by atoms with Crippen molar-refractivity contribution < 1.29 is 4.74 Å². The molecule has 0 amide bonds. The van der Waals surface area contributed by atoms with Gasteiger partial charge in [-0.3, -0.25) is 4.99 Å². The number of nitrogens with one attached hydrogen (secondary N) is 1. The molecule has 0 saturated heterocycles. The molecule has 1 heterocycles. The van der Waals surface area contributed by atoms with Crippen molar-refractivity contribution in [2.24, 2.45) is 10.9 Å². The number of methoxy groups -OCH3 is 1. The molecule has 2 rings (SSSR count). The summed E-state index contributed by atoms with van der Waals surface area (Å²) in [6.07, 6.45) is 0. The van der Waals surface area contributed by atoms with Crippen molar-refractivity contribution in [1.29, 1.82) is 0 Å². The number of hydrogen-bond donors (Lipinski definition) is 1. The fraction of sp³-hybridized carbons (Fsp3) is 0.417. The fourth-order valence-electron chi connectivity index (χ4n) is 1.49. The largest absolute Gasteiger partial charge is 0.495 e. The maximum absolute atomic E-state index is 5.97. The predicted molar refractivity (Wildman–Crippen MR) is 75.6 cm³/mol. The number of aliphatic imine (C=N–C) groups is 1. The molecule has 92 valence electrons. The quantitative estimate of drug-likeness (QED) is 0.893. The van der Waals surface area contributed by atoms with Crippen LogP contribution in [0.15, 0.2) is 23.2 Å². The maximum Gasteiger partial charge on any atom is 0.161 e. The molecule has 17 heavy (non-hydrogen) atoms. The lowest BCUT2D eigenvalue weighted by molar-refractivity contribution is 0.415. The van der Waals surface area contributed by atoms with E-state index in [2.05, 4.69) is 17.2 Å². The molecule has 0 radical (unpaired) electrons. The molecule has 1 aromatic carbocycles. The molecular weight excluding hydrogens is 256 g/mol. The second-order valence-electron chi connectivity index (χ2n) is 4.04. The number of benzene rings is 1. The lowest BCUT2D eigenvalue weighted by Crippen LogP contribution is -2.18. The number of amidine groups is 1. The normalized spacial score (nSPS) is 19.7. The van der Waals surface area contributed by atoms with E-state index in [9.17, 15) is 0 Å². The van der Waals surface area contributed by atoms with Crippen LogP contribution in [0.4, 0.5) is 5.69 Å². The van der Waals surface area contributed by atoms with Gasteiger partial charge in [-0.05, 0) is 18.1 Å². The Hall–Kier alpha value is -0.870. The molecule has 5 heteroatoms. The molecule has 0 saturated carbocycles. The summed E-state index contributed by atoms with van der Waals surface area (Å²) in [5.74, 6) is 2.44. The number of hydrogen-bond acceptors (Lipinski definition) is 4. The van der Waals surface area contributed by atoms with Crippen molar-refractivity contribution in [2.45, 2.75) is 6.92 Å². The summed E-state index contributed by atoms with van der Waals surface area (Å²) in [5.41, 5.74) is 0.951. The van der Waals surface area contributed by atoms with Gasteiger partial charge >= 0.3 is 0 Å². The van der Waals surface area contributed by atoms with Gasteiger partial charge in [0.1, 0.15) is 5.75 Å². The van der Waals surface area contributed by atoms with Crippen molar-refractivity contribution in [3.05, 3.63) is 23.2 Å². The Balaban J connectivity index is 2.08. The maximum atomic E-state index is 5.97. The van der Waals surface area contributed by atoms with E-state index in [4.69, 9.17) is 16.3 Å². The summed E-state index contributed by atoms with van der Waals surface area (Å²) in [7, 11) is 1.61. The first-order valence-electron chi connectivity index (χ1n) is 5.47. The monoisotopic (exact) mass is 270 g/mol. The highest BCUT2D eigenvalue weighted by Crippen LogP contribution is 2.28. The third-order valence-electron chi connectivity index (χ3n) is 2.45. The molecule has 3 nitrogen and oxygen atoms in total. The zero-order chi connectivity index (χ0) is 12.3. The van der Waals surface area contributed by atoms with Gasteiger partial charge in [0, 0.05) is 24.1 Å². The van der Waals surface area contributed by atoms with Crippen LogP contribution < -0.4 is 10.1 Å². The Labute approximate surface area is 111 Å². The van der Waals surface area contributed by atoms with Crippen LogP contribution in [-0.4, -0.2) is 24.6 Å². The van der Waals surface area contributed by atoms with Gasteiger partial charge in [-0.2, -0.15) is 0 Å². The summed E-state index contributed by atoms with van der Waals surface area (Å²) in [6, 6.07) is 5.62. The van der Waals surface area contributed by atoms with E-state index in [1.807, 2.05) is 18.2 Å². The molecule has 0 aromatic heterocycles. The Morgan fingerprint density at radius 1 is 1.53 bits per heavy atom. The number of rotatable bonds is 2. The minimum atomic E-state index is 0.616. The molecule has 0 fully saturated rings. The Morgan fingerprint density at radius 2 is 2.35 bits per heavy atom. The zero-order valence-corrected chi connectivity index (χ0v) is 11.4. The summed E-state index contributed by atoms with van der Waals surface area (Å²) >= 11 is 7.72. The standard InChI is InChI=1S/C12H15ClN2OS/c1-8-6-14-12(17-7-8)15-9-3-4-10(13)11(5-9)16-2/h3-5,8H,6-7H2,1-2H3,(H,14,15). The smallest absolute Gasteiger partial charge is 0.161 e. The molecule has 1 N–H and O–H groups in total. The van der Waals surface area contributed by atoms with Gasteiger partial charge in [-0.25, -0.2) is 0 Å². The van der Waals surface area contributed by atoms with Crippen LogP contribution in [0.1, 0.15) is 6.92 Å². The van der Waals surface area contributed by atoms with E-state index in [0.29, 0.717) is 16.7 Å². The van der Waals surface area contributed by atoms with Gasteiger partial charge in [0.15, 0.2) is 5.17 Å². The van der Waals surface area contributed by atoms with Gasteiger partial charge in [0.05, 0.1) is 12.1 Å². The average molecular weight is 271 g/mol. The molecule has 1 aliphatic heterocycles. The fourth-order valence-corrected chi connectivity index (χ4v) is 2.59. The number of anilines is 1. The van der Waals surface area contributed by atoms with Crippen LogP contribution in [0.25, 0.3) is 0 Å². The number of nitrogens with zero attached hydrogens (tertiary/aromatic N) is 1. The van der Waals surface area contributed by atoms with Crippen molar-refractivity contribution >= 4 is 34.2 Å². The van der Waals surface area contributed by atoms with Crippen LogP contribution >= 0.6 is 23.4 Å². The van der Waals surface area contributed by atoms with Crippen molar-refractivity contribution in [1.82, 2.24) is 0 Å². The van der Waals surface area contributed by atoms with Gasteiger partial charge in [-0.15, -0.1) is 0 Å². The molecule has 0 spiro atoms. The molecule has 1 aliphatic rings. The lowest BCUT2D eigenvalue weighted by Gasteiger charge is -2.18. The minimum absolute atomic E-state index is 0.616. The first-order chi connectivity index (χ1) is 8.19. The lowest BCUT2D eigenvalue weighted by atomic mass is 10.2. The molecular formula is C12H15ClN2OS. The van der Waals surface area contributed by atoms with Gasteiger partial charge < -0.3 is 10.1 Å². The van der Waals surface area contributed by atoms with Crippen molar-refractivity contribution in [2.75, 3.05) is 24.7 Å². The molecule has 1 aromatic rings. The SMILES string of the molecule is COc1cc(NC2=NCC(C)CS2)ccc1Cl. The number of thioether (sulfide) groups is 1. The second-order valence-corrected chi connectivity index (χ2v) is 5.45. The van der Waals surface area contributed by atoms with Crippen LogP contribution in [0.3, 0.4) is 0 Å². The highest BCUT2D eigenvalue weighted by molar-refractivity contribution is 8.14. The second kappa shape index (κ2) is 5.65. The van der Waals surface area contributed by atoms with Crippen molar-refractivity contribution in [3.63, 3.8) is 0 Å². The summed E-state index contributed by atoms with van der Waals surface area (Å²) in [4.78, 5) is 4.48. The van der Waals surface area contributed by atoms with Gasteiger partial charge in [0.2, 0.25) is 0 Å². The van der Waals surface area contributed by atoms with Crippen LogP contribution in [0.5, 0.6) is 5.75 Å². The molecule has 1 unspecified atom stereocenters. The average Bonchev–Trinajstić information content (AvgIpc) is 2.34. The van der Waals surface area contributed by atoms with Crippen molar-refractivity contribution in [3.8, 4) is 5.75 Å². The number of halogens is 1. The Kier molecular flexibility index (Phi) is 4.18. The Bertz CT molecular complexity index is 437. The highest BCUT2D eigenvalue weighted by atomic mass is 35.5. The van der Waals surface area contributed by atoms with Crippen LogP contribution in [-0.2, 0) is 0 Å². The number of ether oxygens (including phenoxy) is 1. The van der Waals surface area contributed by atoms with Gasteiger partial charge in [-0.1, -0.05) is 30.3 Å². The van der Waals surface area contributed by atoms with E-state index in [1.165, 1.54) is 0 Å². The third kappa shape index (κ3) is 3.30. The van der Waals surface area contributed by atoms with Crippen LogP contribution in [0.2, 0.25) is 5.02 Å². The minimum Gasteiger partial charge on any atom is -0.495 e. The van der Waals surface area contributed by atoms with E-state index < -0.39 is 0 Å². The first-order valence-corrected chi connectivity index (χ1v) is 6.83. The zero-order valence-electron chi connectivity index (χ0n) is 9.87. The van der Waals surface area contributed by atoms with E-state index in [0.717, 1.165) is 23.2 Å². The van der Waals surface area contributed by atoms with E-state index in [1.54, 1.807) is 18.9 Å². The topological polar surface area (TPSA) is 33.6 Å². The molecule has 0 bridgehead atoms. The van der Waals surface area contributed by atoms with E-state index in [-0.39, 0.29) is 0 Å². The molecule has 1 atom stereocenters. The molecule has 0 aliphatic carbocycles. The summed E-state index contributed by atoms with van der Waals surface area (Å²) < 4.78 is 5.17. The predicted octanol–water partition coefficient (Wildman–Crippen LogP) is 3.50. The third-order valence-corrected chi connectivity index (χ3v) is 4.01. The summed E-state index contributed by atoms with van der Waals surface area (Å²) in [6.45, 7) is 3.10. The van der Waals surface area contributed by atoms with Gasteiger partial charge in [0.25, 0.3) is 0 Å². The summed E-state index contributed by atoms with van der Waals surface area (Å²) in [5, 5.41) is 4.86. The first kappa shape index (κ1) is 12.6. The highest BCUT2D eigenvalue weighted by Gasteiger charge is 2.12. The van der Waals surface area contributed by atoms with E-state index >= 15 is 0 Å². The Morgan fingerprint density at radius 3 is 3.00 bits per heavy atom.